The molecule has 1 aromatic carbocycles. The summed E-state index contributed by atoms with van der Waals surface area (Å²) in [6.07, 6.45) is 2.37. The van der Waals surface area contributed by atoms with Crippen LogP contribution in [0.25, 0.3) is 0 Å². The van der Waals surface area contributed by atoms with E-state index in [2.05, 4.69) is 0 Å². The lowest BCUT2D eigenvalue weighted by molar-refractivity contribution is -0.153. The number of rotatable bonds is 3. The monoisotopic (exact) mass is 269 g/mol. The first-order valence-corrected chi connectivity index (χ1v) is 6.36. The molecule has 0 aliphatic carbocycles. The van der Waals surface area contributed by atoms with E-state index >= 15 is 0 Å². The van der Waals surface area contributed by atoms with Gasteiger partial charge in [-0.15, -0.1) is 0 Å². The predicted octanol–water partition coefficient (Wildman–Crippen LogP) is 2.79. The SMILES string of the molecule is CC1(C(=O)O)CCCCN1Cc1ccc(F)c(F)c1. The molecule has 0 radical (unpaired) electrons. The van der Waals surface area contributed by atoms with E-state index in [-0.39, 0.29) is 0 Å². The summed E-state index contributed by atoms with van der Waals surface area (Å²) >= 11 is 0. The van der Waals surface area contributed by atoms with Gasteiger partial charge in [-0.1, -0.05) is 6.07 Å². The molecule has 0 bridgehead atoms. The summed E-state index contributed by atoms with van der Waals surface area (Å²) in [6, 6.07) is 3.70. The van der Waals surface area contributed by atoms with E-state index in [0.717, 1.165) is 25.0 Å². The van der Waals surface area contributed by atoms with Gasteiger partial charge in [-0.2, -0.15) is 0 Å². The first kappa shape index (κ1) is 13.9. The Hall–Kier alpha value is -1.49. The van der Waals surface area contributed by atoms with E-state index < -0.39 is 23.1 Å². The number of benzene rings is 1. The number of carboxylic acids is 1. The van der Waals surface area contributed by atoms with Gasteiger partial charge in [0.1, 0.15) is 5.54 Å². The number of nitrogens with zero attached hydrogens (tertiary/aromatic N) is 1. The van der Waals surface area contributed by atoms with E-state index in [1.165, 1.54) is 6.07 Å². The quantitative estimate of drug-likeness (QED) is 0.917. The second-order valence-electron chi connectivity index (χ2n) is 5.21. The zero-order valence-corrected chi connectivity index (χ0v) is 10.8. The fourth-order valence-electron chi connectivity index (χ4n) is 2.53. The van der Waals surface area contributed by atoms with Crippen LogP contribution in [0.5, 0.6) is 0 Å². The summed E-state index contributed by atoms with van der Waals surface area (Å²) in [4.78, 5) is 13.2. The highest BCUT2D eigenvalue weighted by Crippen LogP contribution is 2.29. The van der Waals surface area contributed by atoms with Crippen molar-refractivity contribution < 1.29 is 18.7 Å². The number of hydrogen-bond acceptors (Lipinski definition) is 2. The van der Waals surface area contributed by atoms with Gasteiger partial charge in [-0.25, -0.2) is 8.78 Å². The topological polar surface area (TPSA) is 40.5 Å². The molecule has 0 spiro atoms. The Kier molecular flexibility index (Phi) is 3.85. The van der Waals surface area contributed by atoms with Crippen LogP contribution >= 0.6 is 0 Å². The Labute approximate surface area is 110 Å². The van der Waals surface area contributed by atoms with Crippen molar-refractivity contribution in [3.8, 4) is 0 Å². The molecule has 0 amide bonds. The summed E-state index contributed by atoms with van der Waals surface area (Å²) in [5, 5.41) is 9.37. The third kappa shape index (κ3) is 2.76. The van der Waals surface area contributed by atoms with Crippen molar-refractivity contribution in [2.24, 2.45) is 0 Å². The van der Waals surface area contributed by atoms with Crippen LogP contribution in [0, 0.1) is 11.6 Å². The van der Waals surface area contributed by atoms with Crippen LogP contribution in [-0.4, -0.2) is 28.1 Å². The standard InChI is InChI=1S/C14H17F2NO2/c1-14(13(18)19)6-2-3-7-17(14)9-10-4-5-11(15)12(16)8-10/h4-5,8H,2-3,6-7,9H2,1H3,(H,18,19). The Balaban J connectivity index is 2.20. The Morgan fingerprint density at radius 1 is 1.37 bits per heavy atom. The maximum Gasteiger partial charge on any atom is 0.323 e. The van der Waals surface area contributed by atoms with Crippen LogP contribution in [0.2, 0.25) is 0 Å². The maximum atomic E-state index is 13.2. The van der Waals surface area contributed by atoms with Crippen molar-refractivity contribution in [1.82, 2.24) is 4.90 Å². The highest BCUT2D eigenvalue weighted by atomic mass is 19.2. The van der Waals surface area contributed by atoms with Crippen LogP contribution in [0.1, 0.15) is 31.7 Å². The highest BCUT2D eigenvalue weighted by molar-refractivity contribution is 5.78. The largest absolute Gasteiger partial charge is 0.480 e. The molecule has 1 N–H and O–H groups in total. The van der Waals surface area contributed by atoms with E-state index in [1.807, 2.05) is 4.90 Å². The number of piperidine rings is 1. The minimum Gasteiger partial charge on any atom is -0.480 e. The number of carboxylic acid groups (broad SMARTS) is 1. The summed E-state index contributed by atoms with van der Waals surface area (Å²) in [7, 11) is 0. The number of carbonyl (C=O) groups is 1. The lowest BCUT2D eigenvalue weighted by Gasteiger charge is -2.41. The van der Waals surface area contributed by atoms with Crippen LogP contribution < -0.4 is 0 Å². The smallest absolute Gasteiger partial charge is 0.323 e. The zero-order chi connectivity index (χ0) is 14.0. The van der Waals surface area contributed by atoms with Crippen molar-refractivity contribution in [2.75, 3.05) is 6.54 Å². The van der Waals surface area contributed by atoms with E-state index in [9.17, 15) is 18.7 Å². The summed E-state index contributed by atoms with van der Waals surface area (Å²) in [5.74, 6) is -2.65. The summed E-state index contributed by atoms with van der Waals surface area (Å²) in [6.45, 7) is 2.66. The third-order valence-electron chi connectivity index (χ3n) is 3.86. The summed E-state index contributed by atoms with van der Waals surface area (Å²) in [5.41, 5.74) is -0.336. The van der Waals surface area contributed by atoms with Crippen LogP contribution in [0.3, 0.4) is 0 Å². The molecular weight excluding hydrogens is 252 g/mol. The molecule has 1 aliphatic heterocycles. The van der Waals surface area contributed by atoms with E-state index in [0.29, 0.717) is 25.1 Å². The van der Waals surface area contributed by atoms with Gasteiger partial charge in [0.05, 0.1) is 0 Å². The van der Waals surface area contributed by atoms with Crippen LogP contribution in [0.15, 0.2) is 18.2 Å². The number of hydrogen-bond donors (Lipinski definition) is 1. The van der Waals surface area contributed by atoms with Gasteiger partial charge in [0.25, 0.3) is 0 Å². The molecule has 1 unspecified atom stereocenters. The molecule has 1 heterocycles. The molecule has 2 rings (SSSR count). The number of aliphatic carboxylic acids is 1. The van der Waals surface area contributed by atoms with Crippen molar-refractivity contribution in [2.45, 2.75) is 38.3 Å². The first-order valence-electron chi connectivity index (χ1n) is 6.36. The van der Waals surface area contributed by atoms with Crippen LogP contribution in [0.4, 0.5) is 8.78 Å². The van der Waals surface area contributed by atoms with Gasteiger partial charge in [0.2, 0.25) is 0 Å². The lowest BCUT2D eigenvalue weighted by atomic mass is 9.88. The molecule has 0 saturated carbocycles. The molecule has 5 heteroatoms. The van der Waals surface area contributed by atoms with Crippen molar-refractivity contribution >= 4 is 5.97 Å². The average molecular weight is 269 g/mol. The molecule has 1 atom stereocenters. The minimum atomic E-state index is -0.927. The van der Waals surface area contributed by atoms with Crippen molar-refractivity contribution in [3.05, 3.63) is 35.4 Å². The van der Waals surface area contributed by atoms with Crippen molar-refractivity contribution in [1.29, 1.82) is 0 Å². The van der Waals surface area contributed by atoms with E-state index in [1.54, 1.807) is 6.92 Å². The molecule has 1 saturated heterocycles. The molecule has 1 aromatic rings. The lowest BCUT2D eigenvalue weighted by Crippen LogP contribution is -2.54. The molecular formula is C14H17F2NO2. The Morgan fingerprint density at radius 3 is 2.74 bits per heavy atom. The molecule has 104 valence electrons. The highest BCUT2D eigenvalue weighted by Gasteiger charge is 2.41. The number of likely N-dealkylation sites (tertiary alicyclic amines) is 1. The third-order valence-corrected chi connectivity index (χ3v) is 3.86. The fourth-order valence-corrected chi connectivity index (χ4v) is 2.53. The fraction of sp³-hybridized carbons (Fsp3) is 0.500. The van der Waals surface area contributed by atoms with Gasteiger partial charge in [0.15, 0.2) is 11.6 Å². The van der Waals surface area contributed by atoms with Crippen LogP contribution in [-0.2, 0) is 11.3 Å². The summed E-state index contributed by atoms with van der Waals surface area (Å²) < 4.78 is 26.0. The molecule has 0 aromatic heterocycles. The zero-order valence-electron chi connectivity index (χ0n) is 10.8. The molecule has 3 nitrogen and oxygen atoms in total. The number of halogens is 2. The van der Waals surface area contributed by atoms with Gasteiger partial charge in [-0.3, -0.25) is 9.69 Å². The molecule has 1 aliphatic rings. The predicted molar refractivity (Wildman–Crippen MR) is 66.7 cm³/mol. The first-order chi connectivity index (χ1) is 8.93. The van der Waals surface area contributed by atoms with Gasteiger partial charge < -0.3 is 5.11 Å². The van der Waals surface area contributed by atoms with Gasteiger partial charge >= 0.3 is 5.97 Å². The average Bonchev–Trinajstić information content (AvgIpc) is 2.36. The van der Waals surface area contributed by atoms with Crippen molar-refractivity contribution in [3.63, 3.8) is 0 Å². The maximum absolute atomic E-state index is 13.2. The second kappa shape index (κ2) is 5.25. The Morgan fingerprint density at radius 2 is 2.11 bits per heavy atom. The molecule has 19 heavy (non-hydrogen) atoms. The van der Waals surface area contributed by atoms with E-state index in [4.69, 9.17) is 0 Å². The Bertz CT molecular complexity index is 492. The normalized spacial score (nSPS) is 24.4. The van der Waals surface area contributed by atoms with Gasteiger partial charge in [0, 0.05) is 6.54 Å². The minimum absolute atomic E-state index is 0.319. The van der Waals surface area contributed by atoms with Gasteiger partial charge in [-0.05, 0) is 50.4 Å². The second-order valence-corrected chi connectivity index (χ2v) is 5.21. The molecule has 1 fully saturated rings.